The summed E-state index contributed by atoms with van der Waals surface area (Å²) in [6, 6.07) is 16.4. The smallest absolute Gasteiger partial charge is 0.322 e. The van der Waals surface area contributed by atoms with Gasteiger partial charge in [0.05, 0.1) is 17.1 Å². The van der Waals surface area contributed by atoms with Crippen LogP contribution in [0, 0.1) is 0 Å². The van der Waals surface area contributed by atoms with Gasteiger partial charge >= 0.3 is 6.01 Å². The molecule has 0 aliphatic rings. The Morgan fingerprint density at radius 1 is 1.06 bits per heavy atom. The van der Waals surface area contributed by atoms with Crippen molar-refractivity contribution in [2.24, 2.45) is 0 Å². The van der Waals surface area contributed by atoms with Crippen molar-refractivity contribution in [3.63, 3.8) is 0 Å². The molecule has 0 saturated heterocycles. The molecule has 3 aromatic rings. The summed E-state index contributed by atoms with van der Waals surface area (Å²) in [5, 5.41) is 10.9. The summed E-state index contributed by atoms with van der Waals surface area (Å²) >= 11 is 1.79. The first-order chi connectivity index (χ1) is 14.8. The first kappa shape index (κ1) is 23.0. The number of anilines is 1. The van der Waals surface area contributed by atoms with Crippen LogP contribution in [0.15, 0.2) is 68.8 Å². The zero-order chi connectivity index (χ0) is 22.3. The van der Waals surface area contributed by atoms with Crippen LogP contribution < -0.4 is 5.32 Å². The van der Waals surface area contributed by atoms with E-state index < -0.39 is 9.84 Å². The molecular weight excluding hydrogens is 434 g/mol. The summed E-state index contributed by atoms with van der Waals surface area (Å²) < 4.78 is 30.0. The zero-order valence-corrected chi connectivity index (χ0v) is 19.1. The van der Waals surface area contributed by atoms with Gasteiger partial charge in [-0.25, -0.2) is 8.42 Å². The molecule has 0 aliphatic carbocycles. The Labute approximate surface area is 186 Å². The van der Waals surface area contributed by atoms with Crippen molar-refractivity contribution in [3.8, 4) is 0 Å². The summed E-state index contributed by atoms with van der Waals surface area (Å²) in [6.07, 6.45) is 0.703. The van der Waals surface area contributed by atoms with Crippen molar-refractivity contribution in [1.82, 2.24) is 10.2 Å². The summed E-state index contributed by atoms with van der Waals surface area (Å²) in [5.41, 5.74) is 1.03. The Morgan fingerprint density at radius 3 is 2.45 bits per heavy atom. The third-order valence-corrected chi connectivity index (χ3v) is 7.12. The van der Waals surface area contributed by atoms with Crippen LogP contribution in [0.4, 0.5) is 6.01 Å². The quantitative estimate of drug-likeness (QED) is 0.450. The average Bonchev–Trinajstić information content (AvgIpc) is 3.16. The van der Waals surface area contributed by atoms with Crippen molar-refractivity contribution in [3.05, 3.63) is 66.1 Å². The van der Waals surface area contributed by atoms with E-state index in [4.69, 9.17) is 4.42 Å². The predicted molar refractivity (Wildman–Crippen MR) is 121 cm³/mol. The Balaban J connectivity index is 1.46. The van der Waals surface area contributed by atoms with Gasteiger partial charge in [-0.15, -0.1) is 16.9 Å². The summed E-state index contributed by atoms with van der Waals surface area (Å²) in [4.78, 5) is 13.5. The molecule has 0 spiro atoms. The number of amides is 1. The minimum absolute atomic E-state index is 0.0119. The van der Waals surface area contributed by atoms with Gasteiger partial charge in [-0.3, -0.25) is 10.1 Å². The van der Waals surface area contributed by atoms with Crippen LogP contribution in [-0.4, -0.2) is 35.5 Å². The minimum atomic E-state index is -3.40. The van der Waals surface area contributed by atoms with Gasteiger partial charge in [-0.05, 0) is 36.2 Å². The van der Waals surface area contributed by atoms with E-state index in [0.29, 0.717) is 17.6 Å². The molecular formula is C22H25N3O4S2. The Kier molecular flexibility index (Phi) is 7.86. The average molecular weight is 460 g/mol. The lowest BCUT2D eigenvalue weighted by molar-refractivity contribution is -0.116. The van der Waals surface area contributed by atoms with Crippen molar-refractivity contribution in [1.29, 1.82) is 0 Å². The van der Waals surface area contributed by atoms with Crippen molar-refractivity contribution < 1.29 is 17.6 Å². The van der Waals surface area contributed by atoms with E-state index in [1.165, 1.54) is 4.90 Å². The minimum Gasteiger partial charge on any atom is -0.407 e. The summed E-state index contributed by atoms with van der Waals surface area (Å²) in [7, 11) is -3.40. The van der Waals surface area contributed by atoms with Crippen molar-refractivity contribution in [2.45, 2.75) is 48.2 Å². The predicted octanol–water partition coefficient (Wildman–Crippen LogP) is 4.35. The van der Waals surface area contributed by atoms with Gasteiger partial charge in [0.15, 0.2) is 9.84 Å². The van der Waals surface area contributed by atoms with E-state index in [9.17, 15) is 13.2 Å². The van der Waals surface area contributed by atoms with E-state index in [-0.39, 0.29) is 35.4 Å². The molecule has 0 atom stereocenters. The highest BCUT2D eigenvalue weighted by atomic mass is 32.2. The molecule has 1 heterocycles. The number of aromatic nitrogens is 2. The van der Waals surface area contributed by atoms with Gasteiger partial charge in [0, 0.05) is 16.6 Å². The van der Waals surface area contributed by atoms with Crippen LogP contribution >= 0.6 is 11.8 Å². The van der Waals surface area contributed by atoms with Gasteiger partial charge in [-0.2, -0.15) is 0 Å². The maximum Gasteiger partial charge on any atom is 0.322 e. The Morgan fingerprint density at radius 2 is 1.77 bits per heavy atom. The normalized spacial score (nSPS) is 11.6. The SMILES string of the molecule is CC(C)Sc1ccc(Cc2nnc(NC(=O)CCCS(=O)(=O)c3ccccc3)o2)cc1. The second kappa shape index (κ2) is 10.6. The standard InChI is InChI=1S/C22H25N3O4S2/c1-16(2)30-18-12-10-17(11-13-18)15-21-24-25-22(29-21)23-20(26)9-6-14-31(27,28)19-7-4-3-5-8-19/h3-5,7-8,10-13,16H,6,9,14-15H2,1-2H3,(H,23,25,26). The molecule has 1 amide bonds. The van der Waals surface area contributed by atoms with Gasteiger partial charge in [-0.1, -0.05) is 49.3 Å². The van der Waals surface area contributed by atoms with E-state index in [0.717, 1.165) is 5.56 Å². The first-order valence-corrected chi connectivity index (χ1v) is 12.5. The number of hydrogen-bond donors (Lipinski definition) is 1. The van der Waals surface area contributed by atoms with Gasteiger partial charge in [0.25, 0.3) is 0 Å². The monoisotopic (exact) mass is 459 g/mol. The van der Waals surface area contributed by atoms with Crippen LogP contribution in [0.3, 0.4) is 0 Å². The second-order valence-electron chi connectivity index (χ2n) is 7.27. The molecule has 0 radical (unpaired) electrons. The number of hydrogen-bond acceptors (Lipinski definition) is 7. The number of carbonyl (C=O) groups is 1. The molecule has 9 heteroatoms. The Bertz CT molecular complexity index is 1100. The molecule has 1 N–H and O–H groups in total. The lowest BCUT2D eigenvalue weighted by atomic mass is 10.1. The lowest BCUT2D eigenvalue weighted by Crippen LogP contribution is -2.14. The molecule has 3 rings (SSSR count). The topological polar surface area (TPSA) is 102 Å². The number of nitrogens with one attached hydrogen (secondary N) is 1. The highest BCUT2D eigenvalue weighted by Crippen LogP contribution is 2.23. The van der Waals surface area contributed by atoms with Crippen molar-refractivity contribution >= 4 is 33.5 Å². The van der Waals surface area contributed by atoms with Crippen LogP contribution in [0.25, 0.3) is 0 Å². The van der Waals surface area contributed by atoms with E-state index in [2.05, 4.69) is 41.5 Å². The molecule has 0 unspecified atom stereocenters. The van der Waals surface area contributed by atoms with Gasteiger partial charge in [0.1, 0.15) is 0 Å². The molecule has 0 aliphatic heterocycles. The van der Waals surface area contributed by atoms with E-state index in [1.54, 1.807) is 42.1 Å². The first-order valence-electron chi connectivity index (χ1n) is 9.97. The van der Waals surface area contributed by atoms with Crippen LogP contribution in [0.2, 0.25) is 0 Å². The lowest BCUT2D eigenvalue weighted by Gasteiger charge is -2.05. The molecule has 0 bridgehead atoms. The van der Waals surface area contributed by atoms with Crippen molar-refractivity contribution in [2.75, 3.05) is 11.1 Å². The maximum atomic E-state index is 12.2. The summed E-state index contributed by atoms with van der Waals surface area (Å²) in [5.74, 6) is -0.0790. The molecule has 164 valence electrons. The molecule has 7 nitrogen and oxygen atoms in total. The maximum absolute atomic E-state index is 12.2. The highest BCUT2D eigenvalue weighted by molar-refractivity contribution is 7.99. The molecule has 2 aromatic carbocycles. The van der Waals surface area contributed by atoms with E-state index in [1.807, 2.05) is 12.1 Å². The molecule has 0 saturated carbocycles. The third kappa shape index (κ3) is 7.22. The van der Waals surface area contributed by atoms with E-state index >= 15 is 0 Å². The van der Waals surface area contributed by atoms with Crippen LogP contribution in [0.5, 0.6) is 0 Å². The number of benzene rings is 2. The number of sulfone groups is 1. The second-order valence-corrected chi connectivity index (χ2v) is 11.0. The molecule has 0 fully saturated rings. The van der Waals surface area contributed by atoms with Gasteiger partial charge in [0.2, 0.25) is 11.8 Å². The number of carbonyl (C=O) groups excluding carboxylic acids is 1. The fourth-order valence-electron chi connectivity index (χ4n) is 2.86. The van der Waals surface area contributed by atoms with Gasteiger partial charge < -0.3 is 4.42 Å². The highest BCUT2D eigenvalue weighted by Gasteiger charge is 2.16. The fourth-order valence-corrected chi connectivity index (χ4v) is 5.03. The summed E-state index contributed by atoms with van der Waals surface area (Å²) in [6.45, 7) is 4.30. The fraction of sp³-hybridized carbons (Fsp3) is 0.318. The molecule has 31 heavy (non-hydrogen) atoms. The van der Waals surface area contributed by atoms with Crippen LogP contribution in [-0.2, 0) is 21.1 Å². The Hall–Kier alpha value is -2.65. The number of thioether (sulfide) groups is 1. The zero-order valence-electron chi connectivity index (χ0n) is 17.4. The van der Waals surface area contributed by atoms with Crippen LogP contribution in [0.1, 0.15) is 38.1 Å². The number of rotatable bonds is 10. The molecule has 1 aromatic heterocycles. The number of nitrogens with zero attached hydrogens (tertiary/aromatic N) is 2. The third-order valence-electron chi connectivity index (χ3n) is 4.28. The largest absolute Gasteiger partial charge is 0.407 e.